The maximum absolute atomic E-state index is 10.6. The molecule has 0 aromatic carbocycles. The summed E-state index contributed by atoms with van der Waals surface area (Å²) in [5.41, 5.74) is 0.00473. The number of carboxylic acid groups (broad SMARTS) is 1. The zero-order valence-corrected chi connectivity index (χ0v) is 9.47. The average molecular weight is 224 g/mol. The zero-order chi connectivity index (χ0) is 12.0. The van der Waals surface area contributed by atoms with Gasteiger partial charge in [0.2, 0.25) is 0 Å². The molecule has 1 aromatic rings. The number of anilines is 1. The van der Waals surface area contributed by atoms with Crippen molar-refractivity contribution in [1.82, 2.24) is 14.9 Å². The number of rotatable bonds is 6. The van der Waals surface area contributed by atoms with Crippen molar-refractivity contribution in [2.24, 2.45) is 0 Å². The zero-order valence-electron chi connectivity index (χ0n) is 9.47. The van der Waals surface area contributed by atoms with Crippen LogP contribution >= 0.6 is 0 Å². The molecule has 2 N–H and O–H groups in total. The molecule has 1 heterocycles. The Hall–Kier alpha value is -1.69. The molecule has 1 aromatic heterocycles. The minimum absolute atomic E-state index is 0.00473. The topological polar surface area (TPSA) is 78.4 Å². The Balaban J connectivity index is 2.42. The molecule has 0 amide bonds. The molecular formula is C10H16N4O2. The molecule has 0 spiro atoms. The fourth-order valence-corrected chi connectivity index (χ4v) is 1.18. The summed E-state index contributed by atoms with van der Waals surface area (Å²) in [4.78, 5) is 20.3. The van der Waals surface area contributed by atoms with E-state index in [1.54, 1.807) is 0 Å². The molecule has 0 saturated heterocycles. The summed E-state index contributed by atoms with van der Waals surface area (Å²) in [7, 11) is 4.01. The molecule has 0 aliphatic heterocycles. The SMILES string of the molecule is CN(C)CCCNc1cc(C(=O)O)ncn1. The van der Waals surface area contributed by atoms with E-state index >= 15 is 0 Å². The quantitative estimate of drug-likeness (QED) is 0.687. The third-order valence-electron chi connectivity index (χ3n) is 1.97. The van der Waals surface area contributed by atoms with Crippen molar-refractivity contribution in [1.29, 1.82) is 0 Å². The predicted molar refractivity (Wildman–Crippen MR) is 60.7 cm³/mol. The van der Waals surface area contributed by atoms with Crippen LogP contribution in [0.2, 0.25) is 0 Å². The normalized spacial score (nSPS) is 10.4. The molecule has 6 nitrogen and oxygen atoms in total. The molecule has 88 valence electrons. The van der Waals surface area contributed by atoms with Gasteiger partial charge in [-0.3, -0.25) is 0 Å². The first-order chi connectivity index (χ1) is 7.59. The first kappa shape index (κ1) is 12.4. The van der Waals surface area contributed by atoms with Gasteiger partial charge in [-0.1, -0.05) is 0 Å². The molecule has 0 saturated carbocycles. The largest absolute Gasteiger partial charge is 0.477 e. The van der Waals surface area contributed by atoms with Crippen molar-refractivity contribution in [2.45, 2.75) is 6.42 Å². The number of hydrogen-bond acceptors (Lipinski definition) is 5. The number of carboxylic acids is 1. The van der Waals surface area contributed by atoms with Crippen LogP contribution < -0.4 is 5.32 Å². The Morgan fingerprint density at radius 3 is 2.88 bits per heavy atom. The summed E-state index contributed by atoms with van der Waals surface area (Å²) in [6.07, 6.45) is 2.22. The second-order valence-corrected chi connectivity index (χ2v) is 3.68. The van der Waals surface area contributed by atoms with Gasteiger partial charge in [-0.15, -0.1) is 0 Å². The van der Waals surface area contributed by atoms with E-state index in [1.807, 2.05) is 14.1 Å². The molecule has 0 fully saturated rings. The molecule has 6 heteroatoms. The van der Waals surface area contributed by atoms with Crippen LogP contribution in [0.25, 0.3) is 0 Å². The molecular weight excluding hydrogens is 208 g/mol. The smallest absolute Gasteiger partial charge is 0.354 e. The monoisotopic (exact) mass is 224 g/mol. The first-order valence-corrected chi connectivity index (χ1v) is 5.03. The summed E-state index contributed by atoms with van der Waals surface area (Å²) in [5.74, 6) is -0.495. The van der Waals surface area contributed by atoms with E-state index in [9.17, 15) is 4.79 Å². The van der Waals surface area contributed by atoms with Crippen LogP contribution in [-0.2, 0) is 0 Å². The second kappa shape index (κ2) is 6.02. The highest BCUT2D eigenvalue weighted by Crippen LogP contribution is 2.03. The van der Waals surface area contributed by atoms with Crippen molar-refractivity contribution in [3.8, 4) is 0 Å². The number of aromatic carboxylic acids is 1. The van der Waals surface area contributed by atoms with Crippen LogP contribution in [0.3, 0.4) is 0 Å². The highest BCUT2D eigenvalue weighted by Gasteiger charge is 2.05. The van der Waals surface area contributed by atoms with Crippen LogP contribution in [0.4, 0.5) is 5.82 Å². The summed E-state index contributed by atoms with van der Waals surface area (Å²) in [5, 5.41) is 11.8. The fraction of sp³-hybridized carbons (Fsp3) is 0.500. The highest BCUT2D eigenvalue weighted by molar-refractivity contribution is 5.85. The third-order valence-corrected chi connectivity index (χ3v) is 1.97. The lowest BCUT2D eigenvalue weighted by atomic mass is 10.3. The van der Waals surface area contributed by atoms with Crippen molar-refractivity contribution >= 4 is 11.8 Å². The van der Waals surface area contributed by atoms with Crippen LogP contribution in [-0.4, -0.2) is 53.1 Å². The second-order valence-electron chi connectivity index (χ2n) is 3.68. The standard InChI is InChI=1S/C10H16N4O2/c1-14(2)5-3-4-11-9-6-8(10(15)16)12-7-13-9/h6-7H,3-5H2,1-2H3,(H,15,16)(H,11,12,13). The van der Waals surface area contributed by atoms with E-state index in [2.05, 4.69) is 20.2 Å². The van der Waals surface area contributed by atoms with E-state index in [1.165, 1.54) is 12.4 Å². The summed E-state index contributed by atoms with van der Waals surface area (Å²) in [6.45, 7) is 1.73. The van der Waals surface area contributed by atoms with E-state index in [4.69, 9.17) is 5.11 Å². The molecule has 16 heavy (non-hydrogen) atoms. The van der Waals surface area contributed by atoms with Crippen molar-refractivity contribution in [3.05, 3.63) is 18.1 Å². The first-order valence-electron chi connectivity index (χ1n) is 5.03. The van der Waals surface area contributed by atoms with E-state index < -0.39 is 5.97 Å². The van der Waals surface area contributed by atoms with Gasteiger partial charge in [0.25, 0.3) is 0 Å². The third kappa shape index (κ3) is 4.22. The van der Waals surface area contributed by atoms with Gasteiger partial charge in [0, 0.05) is 12.6 Å². The maximum Gasteiger partial charge on any atom is 0.354 e. The molecule has 0 atom stereocenters. The highest BCUT2D eigenvalue weighted by atomic mass is 16.4. The van der Waals surface area contributed by atoms with E-state index in [-0.39, 0.29) is 5.69 Å². The van der Waals surface area contributed by atoms with Gasteiger partial charge >= 0.3 is 5.97 Å². The van der Waals surface area contributed by atoms with Gasteiger partial charge in [-0.05, 0) is 27.1 Å². The number of carbonyl (C=O) groups is 1. The lowest BCUT2D eigenvalue weighted by molar-refractivity contribution is 0.0690. The summed E-state index contributed by atoms with van der Waals surface area (Å²) >= 11 is 0. The molecule has 0 radical (unpaired) electrons. The molecule has 0 bridgehead atoms. The Morgan fingerprint density at radius 2 is 2.25 bits per heavy atom. The van der Waals surface area contributed by atoms with Crippen LogP contribution in [0.5, 0.6) is 0 Å². The summed E-state index contributed by atoms with van der Waals surface area (Å²) < 4.78 is 0. The minimum Gasteiger partial charge on any atom is -0.477 e. The molecule has 0 unspecified atom stereocenters. The van der Waals surface area contributed by atoms with Crippen LogP contribution in [0, 0.1) is 0 Å². The van der Waals surface area contributed by atoms with Crippen LogP contribution in [0.15, 0.2) is 12.4 Å². The average Bonchev–Trinajstić information content (AvgIpc) is 2.24. The van der Waals surface area contributed by atoms with Gasteiger partial charge in [0.15, 0.2) is 5.69 Å². The Labute approximate surface area is 94.3 Å². The van der Waals surface area contributed by atoms with Crippen molar-refractivity contribution < 1.29 is 9.90 Å². The van der Waals surface area contributed by atoms with Gasteiger partial charge in [-0.25, -0.2) is 14.8 Å². The fourth-order valence-electron chi connectivity index (χ4n) is 1.18. The summed E-state index contributed by atoms with van der Waals surface area (Å²) in [6, 6.07) is 1.43. The number of nitrogens with one attached hydrogen (secondary N) is 1. The molecule has 0 aliphatic carbocycles. The maximum atomic E-state index is 10.6. The van der Waals surface area contributed by atoms with Gasteiger partial charge in [-0.2, -0.15) is 0 Å². The molecule has 0 aliphatic rings. The van der Waals surface area contributed by atoms with Gasteiger partial charge < -0.3 is 15.3 Å². The van der Waals surface area contributed by atoms with Crippen molar-refractivity contribution in [2.75, 3.05) is 32.5 Å². The lowest BCUT2D eigenvalue weighted by Gasteiger charge is -2.10. The minimum atomic E-state index is -1.04. The Morgan fingerprint density at radius 1 is 1.50 bits per heavy atom. The molecule has 1 rings (SSSR count). The van der Waals surface area contributed by atoms with E-state index in [0.717, 1.165) is 19.5 Å². The van der Waals surface area contributed by atoms with Crippen molar-refractivity contribution in [3.63, 3.8) is 0 Å². The van der Waals surface area contributed by atoms with Crippen LogP contribution in [0.1, 0.15) is 16.9 Å². The lowest BCUT2D eigenvalue weighted by Crippen LogP contribution is -2.16. The number of aromatic nitrogens is 2. The number of hydrogen-bond donors (Lipinski definition) is 2. The van der Waals surface area contributed by atoms with E-state index in [0.29, 0.717) is 5.82 Å². The number of nitrogens with zero attached hydrogens (tertiary/aromatic N) is 3. The predicted octanol–water partition coefficient (Wildman–Crippen LogP) is 0.538. The Bertz CT molecular complexity index is 354. The van der Waals surface area contributed by atoms with Gasteiger partial charge in [0.05, 0.1) is 0 Å². The Kier molecular flexibility index (Phi) is 4.65. The van der Waals surface area contributed by atoms with Gasteiger partial charge in [0.1, 0.15) is 12.1 Å².